The molecule has 0 aliphatic heterocycles. The Morgan fingerprint density at radius 1 is 1.04 bits per heavy atom. The molecule has 25 heavy (non-hydrogen) atoms. The minimum absolute atomic E-state index is 0.170. The van der Waals surface area contributed by atoms with Crippen LogP contribution in [0.25, 0.3) is 6.08 Å². The van der Waals surface area contributed by atoms with Crippen LogP contribution in [0.2, 0.25) is 26.2 Å². The van der Waals surface area contributed by atoms with Crippen LogP contribution in [0, 0.1) is 0 Å². The maximum Gasteiger partial charge on any atom is 0.205 e. The van der Waals surface area contributed by atoms with Crippen LogP contribution in [0.15, 0.2) is 49.0 Å². The average molecular weight is 373 g/mol. The zero-order valence-electron chi connectivity index (χ0n) is 15.8. The monoisotopic (exact) mass is 372 g/mol. The maximum atomic E-state index is 9.77. The second-order valence-electron chi connectivity index (χ2n) is 7.38. The number of ether oxygens (including phenoxy) is 1. The second kappa shape index (κ2) is 7.60. The second-order valence-corrected chi connectivity index (χ2v) is 15.7. The summed E-state index contributed by atoms with van der Waals surface area (Å²) in [7, 11) is -2.35. The van der Waals surface area contributed by atoms with Crippen molar-refractivity contribution in [3.05, 3.63) is 60.2 Å². The van der Waals surface area contributed by atoms with Crippen molar-refractivity contribution in [1.29, 1.82) is 0 Å². The van der Waals surface area contributed by atoms with E-state index in [-0.39, 0.29) is 5.75 Å². The van der Waals surface area contributed by atoms with Gasteiger partial charge >= 0.3 is 0 Å². The van der Waals surface area contributed by atoms with Gasteiger partial charge in [0.05, 0.1) is 7.11 Å². The highest BCUT2D eigenvalue weighted by Gasteiger charge is 2.34. The summed E-state index contributed by atoms with van der Waals surface area (Å²) in [6.45, 7) is 12.8. The van der Waals surface area contributed by atoms with E-state index in [1.165, 1.54) is 5.19 Å². The Labute approximate surface area is 153 Å². The van der Waals surface area contributed by atoms with E-state index in [0.717, 1.165) is 17.2 Å². The quantitative estimate of drug-likeness (QED) is 0.729. The lowest BCUT2D eigenvalue weighted by molar-refractivity contribution is 0.373. The number of benzene rings is 2. The van der Waals surface area contributed by atoms with Crippen LogP contribution < -0.4 is 9.92 Å². The molecule has 0 aromatic heterocycles. The lowest BCUT2D eigenvalue weighted by atomic mass is 10.2. The van der Waals surface area contributed by atoms with Crippen LogP contribution in [0.5, 0.6) is 11.5 Å². The highest BCUT2D eigenvalue weighted by atomic mass is 28.4. The molecule has 2 aromatic rings. The fourth-order valence-corrected chi connectivity index (χ4v) is 11.6. The van der Waals surface area contributed by atoms with Crippen molar-refractivity contribution >= 4 is 27.9 Å². The molecule has 3 nitrogen and oxygen atoms in total. The molecule has 0 atom stereocenters. The predicted octanol–water partition coefficient (Wildman–Crippen LogP) is 4.46. The number of hydrogen-bond donors (Lipinski definition) is 1. The molecule has 134 valence electrons. The van der Waals surface area contributed by atoms with Crippen molar-refractivity contribution < 1.29 is 14.0 Å². The zero-order valence-corrected chi connectivity index (χ0v) is 17.8. The first-order chi connectivity index (χ1) is 11.7. The van der Waals surface area contributed by atoms with Gasteiger partial charge in [0, 0.05) is 0 Å². The highest BCUT2D eigenvalue weighted by molar-refractivity contribution is 6.92. The van der Waals surface area contributed by atoms with Crippen LogP contribution in [0.3, 0.4) is 0 Å². The van der Waals surface area contributed by atoms with Gasteiger partial charge in [-0.15, -0.1) is 0 Å². The summed E-state index contributed by atoms with van der Waals surface area (Å²) < 4.78 is 12.0. The minimum Gasteiger partial charge on any atom is -0.504 e. The molecule has 0 spiro atoms. The summed E-state index contributed by atoms with van der Waals surface area (Å²) in [6, 6.07) is 14.9. The van der Waals surface area contributed by atoms with E-state index < -0.39 is 16.6 Å². The molecule has 2 rings (SSSR count). The molecule has 0 radical (unpaired) electrons. The number of hydrogen-bond acceptors (Lipinski definition) is 3. The first-order valence-corrected chi connectivity index (χ1v) is 14.5. The van der Waals surface area contributed by atoms with Gasteiger partial charge in [0.15, 0.2) is 19.8 Å². The van der Waals surface area contributed by atoms with Gasteiger partial charge < -0.3 is 14.0 Å². The SMILES string of the molecule is C=Cc1ccc([Si](C)(C)O[Si](C)(C)Cc2ccc(O)c(OC)c2)cc1. The summed E-state index contributed by atoms with van der Waals surface area (Å²) in [5, 5.41) is 11.1. The van der Waals surface area contributed by atoms with Gasteiger partial charge in [-0.3, -0.25) is 0 Å². The molecule has 5 heteroatoms. The molecular formula is C20H28O3Si2. The fraction of sp³-hybridized carbons (Fsp3) is 0.300. The Kier molecular flexibility index (Phi) is 5.93. The van der Waals surface area contributed by atoms with E-state index in [2.05, 4.69) is 57.0 Å². The van der Waals surface area contributed by atoms with Crippen molar-refractivity contribution in [3.63, 3.8) is 0 Å². The molecule has 2 aromatic carbocycles. The van der Waals surface area contributed by atoms with Crippen molar-refractivity contribution in [2.45, 2.75) is 32.2 Å². The summed E-state index contributed by atoms with van der Waals surface area (Å²) >= 11 is 0. The largest absolute Gasteiger partial charge is 0.504 e. The van der Waals surface area contributed by atoms with Crippen LogP contribution >= 0.6 is 0 Å². The topological polar surface area (TPSA) is 38.7 Å². The van der Waals surface area contributed by atoms with Gasteiger partial charge in [-0.1, -0.05) is 43.0 Å². The van der Waals surface area contributed by atoms with Crippen molar-refractivity contribution in [2.24, 2.45) is 0 Å². The lowest BCUT2D eigenvalue weighted by Crippen LogP contribution is -2.53. The minimum atomic E-state index is -1.99. The van der Waals surface area contributed by atoms with E-state index in [1.54, 1.807) is 13.2 Å². The zero-order chi connectivity index (χ0) is 18.7. The third-order valence-corrected chi connectivity index (χ3v) is 11.5. The lowest BCUT2D eigenvalue weighted by Gasteiger charge is -2.34. The molecular weight excluding hydrogens is 344 g/mol. The van der Waals surface area contributed by atoms with Crippen LogP contribution in [0.4, 0.5) is 0 Å². The first-order valence-electron chi connectivity index (χ1n) is 8.46. The van der Waals surface area contributed by atoms with Crippen molar-refractivity contribution in [2.75, 3.05) is 7.11 Å². The molecule has 0 unspecified atom stereocenters. The van der Waals surface area contributed by atoms with E-state index in [4.69, 9.17) is 8.85 Å². The average Bonchev–Trinajstić information content (AvgIpc) is 2.55. The van der Waals surface area contributed by atoms with Gasteiger partial charge in [0.25, 0.3) is 0 Å². The number of methoxy groups -OCH3 is 1. The van der Waals surface area contributed by atoms with Crippen molar-refractivity contribution in [1.82, 2.24) is 0 Å². The molecule has 0 aliphatic rings. The number of phenols is 1. The third kappa shape index (κ3) is 5.07. The van der Waals surface area contributed by atoms with Crippen LogP contribution in [-0.4, -0.2) is 28.9 Å². The van der Waals surface area contributed by atoms with E-state index in [9.17, 15) is 5.11 Å². The van der Waals surface area contributed by atoms with E-state index >= 15 is 0 Å². The molecule has 1 N–H and O–H groups in total. The number of phenolic OH excluding ortho intramolecular Hbond substituents is 1. The Bertz CT molecular complexity index is 737. The molecule has 0 saturated carbocycles. The number of rotatable bonds is 7. The van der Waals surface area contributed by atoms with Crippen LogP contribution in [0.1, 0.15) is 11.1 Å². The summed E-state index contributed by atoms with van der Waals surface area (Å²) in [5.74, 6) is 0.683. The van der Waals surface area contributed by atoms with Crippen molar-refractivity contribution in [3.8, 4) is 11.5 Å². The first kappa shape index (κ1) is 19.5. The maximum absolute atomic E-state index is 9.77. The molecule has 0 amide bonds. The Hall–Kier alpha value is -1.83. The van der Waals surface area contributed by atoms with Gasteiger partial charge in [0.1, 0.15) is 0 Å². The normalized spacial score (nSPS) is 12.0. The Morgan fingerprint density at radius 2 is 1.68 bits per heavy atom. The Morgan fingerprint density at radius 3 is 2.24 bits per heavy atom. The standard InChI is InChI=1S/C20H28O3Si2/c1-7-16-8-11-18(12-9-16)25(5,6)23-24(3,4)15-17-10-13-19(21)20(14-17)22-2/h7-14,21H,1,15H2,2-6H3. The third-order valence-electron chi connectivity index (χ3n) is 4.25. The summed E-state index contributed by atoms with van der Waals surface area (Å²) in [5.41, 5.74) is 2.26. The Balaban J connectivity index is 2.16. The van der Waals surface area contributed by atoms with E-state index in [0.29, 0.717) is 5.75 Å². The molecule has 0 fully saturated rings. The molecule has 0 saturated heterocycles. The van der Waals surface area contributed by atoms with Gasteiger partial charge in [-0.05, 0) is 60.7 Å². The number of aromatic hydroxyl groups is 1. The summed E-state index contributed by atoms with van der Waals surface area (Å²) in [4.78, 5) is 0. The highest BCUT2D eigenvalue weighted by Crippen LogP contribution is 2.28. The predicted molar refractivity (Wildman–Crippen MR) is 111 cm³/mol. The molecule has 0 heterocycles. The smallest absolute Gasteiger partial charge is 0.205 e. The van der Waals surface area contributed by atoms with E-state index in [1.807, 2.05) is 18.2 Å². The molecule has 0 aliphatic carbocycles. The molecule has 0 bridgehead atoms. The van der Waals surface area contributed by atoms with Gasteiger partial charge in [-0.25, -0.2) is 0 Å². The van der Waals surface area contributed by atoms with Gasteiger partial charge in [0.2, 0.25) is 8.32 Å². The van der Waals surface area contributed by atoms with Crippen LogP contribution in [-0.2, 0) is 10.2 Å². The summed E-state index contributed by atoms with van der Waals surface area (Å²) in [6.07, 6.45) is 1.86. The fourth-order valence-electron chi connectivity index (χ4n) is 3.13. The van der Waals surface area contributed by atoms with Gasteiger partial charge in [-0.2, -0.15) is 0 Å².